The lowest BCUT2D eigenvalue weighted by Crippen LogP contribution is -2.57. The highest BCUT2D eigenvalue weighted by molar-refractivity contribution is 5.91. The van der Waals surface area contributed by atoms with Crippen LogP contribution in [0.5, 0.6) is 0 Å². The minimum absolute atomic E-state index is 0. The molecule has 3 amide bonds. The lowest BCUT2D eigenvalue weighted by atomic mass is 9.73. The van der Waals surface area contributed by atoms with Crippen LogP contribution in [0.2, 0.25) is 0 Å². The number of nitrogens with zero attached hydrogens (tertiary/aromatic N) is 1. The van der Waals surface area contributed by atoms with E-state index in [0.29, 0.717) is 26.1 Å². The third-order valence-corrected chi connectivity index (χ3v) is 8.19. The second-order valence-electron chi connectivity index (χ2n) is 11.5. The monoisotopic (exact) mass is 554 g/mol. The number of rotatable bonds is 9. The van der Waals surface area contributed by atoms with Gasteiger partial charge in [-0.3, -0.25) is 14.4 Å². The molecule has 39 heavy (non-hydrogen) atoms. The van der Waals surface area contributed by atoms with Gasteiger partial charge >= 0.3 is 0 Å². The smallest absolute Gasteiger partial charge is 0.245 e. The summed E-state index contributed by atoms with van der Waals surface area (Å²) in [6.45, 7) is 7.07. The molecule has 4 rings (SSSR count). The average Bonchev–Trinajstić information content (AvgIpc) is 3.22. The van der Waals surface area contributed by atoms with Gasteiger partial charge < -0.3 is 21.3 Å². The summed E-state index contributed by atoms with van der Waals surface area (Å²) in [6, 6.07) is 17.8. The molecule has 1 fully saturated rings. The normalized spacial score (nSPS) is 18.6. The molecule has 1 aliphatic heterocycles. The Bertz CT molecular complexity index is 1140. The molecule has 4 N–H and O–H groups in total. The van der Waals surface area contributed by atoms with Crippen LogP contribution in [-0.2, 0) is 26.2 Å². The number of amides is 3. The van der Waals surface area contributed by atoms with E-state index in [1.54, 1.807) is 13.8 Å². The Balaban J connectivity index is 0.00000420. The van der Waals surface area contributed by atoms with E-state index in [2.05, 4.69) is 34.9 Å². The predicted molar refractivity (Wildman–Crippen MR) is 157 cm³/mol. The van der Waals surface area contributed by atoms with Gasteiger partial charge in [0.25, 0.3) is 0 Å². The highest BCUT2D eigenvalue weighted by Gasteiger charge is 2.48. The maximum atomic E-state index is 13.7. The van der Waals surface area contributed by atoms with Crippen LogP contribution < -0.4 is 16.4 Å². The number of benzene rings is 2. The number of likely N-dealkylation sites (N-methyl/N-ethyl adjacent to an activating group) is 1. The molecular weight excluding hydrogens is 512 g/mol. The standard InChI is InChI=1S/C31H42N4O3.ClH/c1-4-33-27(36)24-21-31(25-15-9-8-14-23(24)25)17-19-35(20-18-31)28(37)26(34-29(38)30(2,3)32)16-10-13-22-11-6-5-7-12-22;/h5-9,11-12,14-15,24,26H,4,10,13,16-21,32H2,1-3H3,(H,33,36)(H,34,38);1H/t24-,26-;/m1./s1. The van der Waals surface area contributed by atoms with Gasteiger partial charge in [0.1, 0.15) is 6.04 Å². The van der Waals surface area contributed by atoms with Crippen molar-refractivity contribution in [1.29, 1.82) is 0 Å². The Kier molecular flexibility index (Phi) is 10.2. The van der Waals surface area contributed by atoms with Gasteiger partial charge in [-0.15, -0.1) is 12.4 Å². The first kappa shape index (κ1) is 30.6. The van der Waals surface area contributed by atoms with Crippen molar-refractivity contribution in [3.05, 3.63) is 71.3 Å². The molecule has 2 aromatic rings. The fourth-order valence-corrected chi connectivity index (χ4v) is 6.03. The van der Waals surface area contributed by atoms with Gasteiger partial charge in [-0.2, -0.15) is 0 Å². The fourth-order valence-electron chi connectivity index (χ4n) is 6.03. The van der Waals surface area contributed by atoms with E-state index in [1.807, 2.05) is 42.2 Å². The number of piperidine rings is 1. The fraction of sp³-hybridized carbons (Fsp3) is 0.516. The molecule has 8 heteroatoms. The summed E-state index contributed by atoms with van der Waals surface area (Å²) in [7, 11) is 0. The molecule has 0 saturated carbocycles. The summed E-state index contributed by atoms with van der Waals surface area (Å²) < 4.78 is 0. The van der Waals surface area contributed by atoms with E-state index in [1.165, 1.54) is 11.1 Å². The molecule has 212 valence electrons. The van der Waals surface area contributed by atoms with Gasteiger partial charge in [-0.1, -0.05) is 54.6 Å². The average molecular weight is 555 g/mol. The summed E-state index contributed by atoms with van der Waals surface area (Å²) in [5.74, 6) is -0.429. The Hall–Kier alpha value is -2.90. The number of halogens is 1. The minimum atomic E-state index is -1.06. The van der Waals surface area contributed by atoms with E-state index in [9.17, 15) is 14.4 Å². The number of fused-ring (bicyclic) bond motifs is 2. The molecule has 0 radical (unpaired) electrons. The highest BCUT2D eigenvalue weighted by Crippen LogP contribution is 2.51. The summed E-state index contributed by atoms with van der Waals surface area (Å²) >= 11 is 0. The van der Waals surface area contributed by atoms with Crippen LogP contribution in [0.3, 0.4) is 0 Å². The number of nitrogens with one attached hydrogen (secondary N) is 2. The first-order valence-corrected chi connectivity index (χ1v) is 13.9. The van der Waals surface area contributed by atoms with E-state index < -0.39 is 11.6 Å². The van der Waals surface area contributed by atoms with Gasteiger partial charge in [-0.05, 0) is 76.0 Å². The molecule has 1 spiro atoms. The molecule has 2 aromatic carbocycles. The van der Waals surface area contributed by atoms with E-state index >= 15 is 0 Å². The zero-order valence-corrected chi connectivity index (χ0v) is 24.2. The number of aryl methyl sites for hydroxylation is 1. The molecule has 0 unspecified atom stereocenters. The molecule has 1 heterocycles. The van der Waals surface area contributed by atoms with Crippen LogP contribution in [0.4, 0.5) is 0 Å². The van der Waals surface area contributed by atoms with Crippen molar-refractivity contribution in [3.63, 3.8) is 0 Å². The Morgan fingerprint density at radius 1 is 1.05 bits per heavy atom. The maximum Gasteiger partial charge on any atom is 0.245 e. The third-order valence-electron chi connectivity index (χ3n) is 8.19. The van der Waals surface area contributed by atoms with Crippen LogP contribution in [0.25, 0.3) is 0 Å². The lowest BCUT2D eigenvalue weighted by molar-refractivity contribution is -0.139. The predicted octanol–water partition coefficient (Wildman–Crippen LogP) is 3.84. The molecular formula is C31H43ClN4O3. The topological polar surface area (TPSA) is 105 Å². The van der Waals surface area contributed by atoms with Crippen molar-refractivity contribution >= 4 is 30.1 Å². The molecule has 0 bridgehead atoms. The van der Waals surface area contributed by atoms with E-state index in [-0.39, 0.29) is 41.5 Å². The maximum absolute atomic E-state index is 13.7. The van der Waals surface area contributed by atoms with Crippen molar-refractivity contribution in [2.45, 2.75) is 82.2 Å². The summed E-state index contributed by atoms with van der Waals surface area (Å²) in [4.78, 5) is 41.2. The first-order valence-electron chi connectivity index (χ1n) is 13.9. The van der Waals surface area contributed by atoms with Crippen LogP contribution in [0.1, 0.15) is 75.5 Å². The quantitative estimate of drug-likeness (QED) is 0.438. The second-order valence-corrected chi connectivity index (χ2v) is 11.5. The summed E-state index contributed by atoms with van der Waals surface area (Å²) in [5.41, 5.74) is 8.46. The molecule has 2 atom stereocenters. The molecule has 1 aliphatic carbocycles. The number of carbonyl (C=O) groups excluding carboxylic acids is 3. The van der Waals surface area contributed by atoms with E-state index in [4.69, 9.17) is 5.73 Å². The second kappa shape index (κ2) is 13.0. The van der Waals surface area contributed by atoms with Gasteiger partial charge in [-0.25, -0.2) is 0 Å². The first-order chi connectivity index (χ1) is 18.1. The number of likely N-dealkylation sites (tertiary alicyclic amines) is 1. The van der Waals surface area contributed by atoms with Crippen molar-refractivity contribution < 1.29 is 14.4 Å². The summed E-state index contributed by atoms with van der Waals surface area (Å²) in [5, 5.41) is 5.94. The lowest BCUT2D eigenvalue weighted by Gasteiger charge is -2.41. The number of hydrogen-bond acceptors (Lipinski definition) is 4. The number of hydrogen-bond donors (Lipinski definition) is 3. The summed E-state index contributed by atoms with van der Waals surface area (Å²) in [6.07, 6.45) is 4.56. The van der Waals surface area contributed by atoms with Crippen molar-refractivity contribution in [1.82, 2.24) is 15.5 Å². The Morgan fingerprint density at radius 3 is 2.33 bits per heavy atom. The van der Waals surface area contributed by atoms with Crippen LogP contribution >= 0.6 is 12.4 Å². The zero-order chi connectivity index (χ0) is 27.3. The molecule has 1 saturated heterocycles. The van der Waals surface area contributed by atoms with Gasteiger partial charge in [0.2, 0.25) is 17.7 Å². The zero-order valence-electron chi connectivity index (χ0n) is 23.4. The largest absolute Gasteiger partial charge is 0.356 e. The van der Waals surface area contributed by atoms with Crippen LogP contribution in [0, 0.1) is 0 Å². The van der Waals surface area contributed by atoms with Gasteiger partial charge in [0, 0.05) is 25.0 Å². The number of nitrogens with two attached hydrogens (primary N) is 1. The van der Waals surface area contributed by atoms with Crippen molar-refractivity contribution in [2.75, 3.05) is 19.6 Å². The molecule has 0 aromatic heterocycles. The molecule has 2 aliphatic rings. The van der Waals surface area contributed by atoms with Crippen molar-refractivity contribution in [2.24, 2.45) is 5.73 Å². The number of carbonyl (C=O) groups is 3. The molecule has 7 nitrogen and oxygen atoms in total. The van der Waals surface area contributed by atoms with Gasteiger partial charge in [0.05, 0.1) is 11.5 Å². The van der Waals surface area contributed by atoms with E-state index in [0.717, 1.165) is 37.7 Å². The van der Waals surface area contributed by atoms with Crippen LogP contribution in [-0.4, -0.2) is 53.8 Å². The third kappa shape index (κ3) is 7.00. The van der Waals surface area contributed by atoms with Crippen molar-refractivity contribution in [3.8, 4) is 0 Å². The van der Waals surface area contributed by atoms with Gasteiger partial charge in [0.15, 0.2) is 0 Å². The Labute approximate surface area is 238 Å². The Morgan fingerprint density at radius 2 is 1.69 bits per heavy atom. The minimum Gasteiger partial charge on any atom is -0.356 e. The van der Waals surface area contributed by atoms with Crippen LogP contribution in [0.15, 0.2) is 54.6 Å². The SMILES string of the molecule is CCNC(=O)[C@@H]1CC2(CCN(C(=O)[C@@H](CCCc3ccccc3)NC(=O)C(C)(C)N)CC2)c2ccccc21.Cl. The highest BCUT2D eigenvalue weighted by atomic mass is 35.5.